The Morgan fingerprint density at radius 1 is 0.963 bits per heavy atom. The highest BCUT2D eigenvalue weighted by Gasteiger charge is 2.10. The average molecular weight is 365 g/mol. The maximum Gasteiger partial charge on any atom is 0.338 e. The lowest BCUT2D eigenvalue weighted by Crippen LogP contribution is -2.13. The van der Waals surface area contributed by atoms with Crippen molar-refractivity contribution in [2.75, 3.05) is 18.5 Å². The molecule has 0 radical (unpaired) electrons. The molecule has 6 nitrogen and oxygen atoms in total. The van der Waals surface area contributed by atoms with Crippen molar-refractivity contribution in [3.63, 3.8) is 0 Å². The standard InChI is InChI=1S/C21H19NO5/c1-15-4-10-18(11-5-15)25-13-14-27-21(24)16-6-8-17(9-7-16)22-20(23)19-3-2-12-26-19/h2-12H,13-14H2,1H3,(H,22,23). The smallest absolute Gasteiger partial charge is 0.338 e. The highest BCUT2D eigenvalue weighted by Crippen LogP contribution is 2.13. The van der Waals surface area contributed by atoms with E-state index in [4.69, 9.17) is 13.9 Å². The van der Waals surface area contributed by atoms with Crippen LogP contribution < -0.4 is 10.1 Å². The Kier molecular flexibility index (Phi) is 5.89. The molecule has 0 aliphatic rings. The molecule has 0 aliphatic heterocycles. The number of aryl methyl sites for hydroxylation is 1. The molecule has 0 atom stereocenters. The Labute approximate surface area is 156 Å². The quantitative estimate of drug-likeness (QED) is 0.504. The van der Waals surface area contributed by atoms with Gasteiger partial charge in [-0.15, -0.1) is 0 Å². The molecule has 138 valence electrons. The number of ether oxygens (including phenoxy) is 2. The van der Waals surface area contributed by atoms with Gasteiger partial charge in [0.1, 0.15) is 19.0 Å². The summed E-state index contributed by atoms with van der Waals surface area (Å²) in [6, 6.07) is 17.3. The first kappa shape index (κ1) is 18.3. The Balaban J connectivity index is 1.44. The van der Waals surface area contributed by atoms with Crippen molar-refractivity contribution >= 4 is 17.6 Å². The fraction of sp³-hybridized carbons (Fsp3) is 0.143. The summed E-state index contributed by atoms with van der Waals surface area (Å²) in [4.78, 5) is 23.9. The number of carbonyl (C=O) groups is 2. The Morgan fingerprint density at radius 3 is 2.37 bits per heavy atom. The molecule has 0 saturated heterocycles. The van der Waals surface area contributed by atoms with E-state index in [1.807, 2.05) is 31.2 Å². The number of amides is 1. The van der Waals surface area contributed by atoms with Gasteiger partial charge in [-0.1, -0.05) is 17.7 Å². The van der Waals surface area contributed by atoms with Crippen LogP contribution in [0.3, 0.4) is 0 Å². The SMILES string of the molecule is Cc1ccc(OCCOC(=O)c2ccc(NC(=O)c3ccco3)cc2)cc1. The van der Waals surface area contributed by atoms with E-state index in [1.165, 1.54) is 6.26 Å². The summed E-state index contributed by atoms with van der Waals surface area (Å²) in [7, 11) is 0. The molecule has 6 heteroatoms. The van der Waals surface area contributed by atoms with E-state index in [1.54, 1.807) is 36.4 Å². The van der Waals surface area contributed by atoms with Crippen LogP contribution in [-0.4, -0.2) is 25.1 Å². The van der Waals surface area contributed by atoms with Gasteiger partial charge >= 0.3 is 5.97 Å². The molecule has 1 heterocycles. The van der Waals surface area contributed by atoms with Gasteiger partial charge in [0.05, 0.1) is 11.8 Å². The van der Waals surface area contributed by atoms with Crippen molar-refractivity contribution in [2.24, 2.45) is 0 Å². The summed E-state index contributed by atoms with van der Waals surface area (Å²) in [5.74, 6) is 0.135. The third kappa shape index (κ3) is 5.22. The fourth-order valence-corrected chi connectivity index (χ4v) is 2.30. The number of esters is 1. The molecule has 0 fully saturated rings. The van der Waals surface area contributed by atoms with Gasteiger partial charge in [-0.3, -0.25) is 4.79 Å². The molecule has 1 N–H and O–H groups in total. The van der Waals surface area contributed by atoms with Crippen LogP contribution >= 0.6 is 0 Å². The predicted octanol–water partition coefficient (Wildman–Crippen LogP) is 4.08. The summed E-state index contributed by atoms with van der Waals surface area (Å²) in [5.41, 5.74) is 2.09. The van der Waals surface area contributed by atoms with Crippen LogP contribution in [0.25, 0.3) is 0 Å². The molecule has 0 bridgehead atoms. The number of anilines is 1. The first-order valence-electron chi connectivity index (χ1n) is 8.43. The maximum absolute atomic E-state index is 12.0. The van der Waals surface area contributed by atoms with Crippen LogP contribution in [0.1, 0.15) is 26.5 Å². The van der Waals surface area contributed by atoms with Crippen LogP contribution in [-0.2, 0) is 4.74 Å². The van der Waals surface area contributed by atoms with E-state index in [0.717, 1.165) is 11.3 Å². The van der Waals surface area contributed by atoms with Crippen LogP contribution in [0.15, 0.2) is 71.3 Å². The lowest BCUT2D eigenvalue weighted by molar-refractivity contribution is 0.0450. The van der Waals surface area contributed by atoms with Gasteiger partial charge in [-0.25, -0.2) is 4.79 Å². The van der Waals surface area contributed by atoms with Gasteiger partial charge in [0.25, 0.3) is 5.91 Å². The molecule has 3 rings (SSSR count). The fourth-order valence-electron chi connectivity index (χ4n) is 2.30. The lowest BCUT2D eigenvalue weighted by Gasteiger charge is -2.08. The third-order valence-corrected chi connectivity index (χ3v) is 3.73. The van der Waals surface area contributed by atoms with Crippen molar-refractivity contribution < 1.29 is 23.5 Å². The molecule has 3 aromatic rings. The zero-order chi connectivity index (χ0) is 19.1. The molecule has 0 aliphatic carbocycles. The molecule has 27 heavy (non-hydrogen) atoms. The summed E-state index contributed by atoms with van der Waals surface area (Å²) >= 11 is 0. The number of carbonyl (C=O) groups excluding carboxylic acids is 2. The first-order valence-corrected chi connectivity index (χ1v) is 8.43. The molecule has 0 spiro atoms. The molecular formula is C21H19NO5. The van der Waals surface area contributed by atoms with E-state index in [-0.39, 0.29) is 24.9 Å². The van der Waals surface area contributed by atoms with Crippen molar-refractivity contribution in [1.29, 1.82) is 0 Å². The Bertz CT molecular complexity index is 883. The zero-order valence-corrected chi connectivity index (χ0v) is 14.8. The van der Waals surface area contributed by atoms with E-state index >= 15 is 0 Å². The number of furan rings is 1. The molecule has 0 saturated carbocycles. The normalized spacial score (nSPS) is 10.3. The molecule has 1 aromatic heterocycles. The number of nitrogens with one attached hydrogen (secondary N) is 1. The minimum atomic E-state index is -0.452. The summed E-state index contributed by atoms with van der Waals surface area (Å²) in [6.07, 6.45) is 1.43. The maximum atomic E-state index is 12.0. The third-order valence-electron chi connectivity index (χ3n) is 3.73. The average Bonchev–Trinajstić information content (AvgIpc) is 3.22. The van der Waals surface area contributed by atoms with Gasteiger partial charge in [-0.05, 0) is 55.5 Å². The van der Waals surface area contributed by atoms with Gasteiger partial charge in [-0.2, -0.15) is 0 Å². The zero-order valence-electron chi connectivity index (χ0n) is 14.8. The lowest BCUT2D eigenvalue weighted by atomic mass is 10.2. The van der Waals surface area contributed by atoms with Crippen LogP contribution in [0.4, 0.5) is 5.69 Å². The van der Waals surface area contributed by atoms with Gasteiger partial charge in [0.2, 0.25) is 0 Å². The van der Waals surface area contributed by atoms with Crippen molar-refractivity contribution in [2.45, 2.75) is 6.92 Å². The molecule has 0 unspecified atom stereocenters. The first-order chi connectivity index (χ1) is 13.1. The number of benzene rings is 2. The largest absolute Gasteiger partial charge is 0.490 e. The Hall–Kier alpha value is -3.54. The van der Waals surface area contributed by atoms with Crippen LogP contribution in [0.2, 0.25) is 0 Å². The predicted molar refractivity (Wildman–Crippen MR) is 100 cm³/mol. The second-order valence-corrected chi connectivity index (χ2v) is 5.81. The minimum Gasteiger partial charge on any atom is -0.490 e. The van der Waals surface area contributed by atoms with E-state index in [9.17, 15) is 9.59 Å². The van der Waals surface area contributed by atoms with E-state index in [0.29, 0.717) is 11.3 Å². The summed E-state index contributed by atoms with van der Waals surface area (Å²) in [6.45, 7) is 2.41. The number of hydrogen-bond donors (Lipinski definition) is 1. The number of hydrogen-bond acceptors (Lipinski definition) is 5. The number of rotatable bonds is 7. The van der Waals surface area contributed by atoms with Crippen LogP contribution in [0.5, 0.6) is 5.75 Å². The Morgan fingerprint density at radius 2 is 1.70 bits per heavy atom. The molecule has 1 amide bonds. The van der Waals surface area contributed by atoms with Crippen molar-refractivity contribution in [3.8, 4) is 5.75 Å². The molecule has 2 aromatic carbocycles. The van der Waals surface area contributed by atoms with Gasteiger partial charge in [0, 0.05) is 5.69 Å². The monoisotopic (exact) mass is 365 g/mol. The second kappa shape index (κ2) is 8.71. The highest BCUT2D eigenvalue weighted by atomic mass is 16.6. The van der Waals surface area contributed by atoms with Crippen molar-refractivity contribution in [1.82, 2.24) is 0 Å². The highest BCUT2D eigenvalue weighted by molar-refractivity contribution is 6.02. The second-order valence-electron chi connectivity index (χ2n) is 5.81. The topological polar surface area (TPSA) is 77.8 Å². The van der Waals surface area contributed by atoms with Gasteiger partial charge < -0.3 is 19.2 Å². The summed E-state index contributed by atoms with van der Waals surface area (Å²) < 4.78 is 15.7. The van der Waals surface area contributed by atoms with Gasteiger partial charge in [0.15, 0.2) is 5.76 Å². The minimum absolute atomic E-state index is 0.143. The van der Waals surface area contributed by atoms with E-state index in [2.05, 4.69) is 5.32 Å². The van der Waals surface area contributed by atoms with Crippen molar-refractivity contribution in [3.05, 3.63) is 83.8 Å². The summed E-state index contributed by atoms with van der Waals surface area (Å²) in [5, 5.41) is 2.68. The van der Waals surface area contributed by atoms with E-state index < -0.39 is 5.97 Å². The van der Waals surface area contributed by atoms with Crippen LogP contribution in [0, 0.1) is 6.92 Å². The molecular weight excluding hydrogens is 346 g/mol.